The lowest BCUT2D eigenvalue weighted by atomic mass is 10.2. The van der Waals surface area contributed by atoms with E-state index in [9.17, 15) is 14.4 Å². The minimum absolute atomic E-state index is 0.0619. The third-order valence-corrected chi connectivity index (χ3v) is 5.33. The molecule has 2 N–H and O–H groups in total. The molecule has 8 nitrogen and oxygen atoms in total. The molecule has 3 rings (SSSR count). The summed E-state index contributed by atoms with van der Waals surface area (Å²) in [5.41, 5.74) is 6.90. The van der Waals surface area contributed by atoms with Crippen LogP contribution in [0.3, 0.4) is 0 Å². The topological polar surface area (TPSA) is 110 Å². The Balaban J connectivity index is 1.66. The Labute approximate surface area is 177 Å². The maximum Gasteiger partial charge on any atom is 0.339 e. The van der Waals surface area contributed by atoms with E-state index in [2.05, 4.69) is 20.8 Å². The fourth-order valence-electron chi connectivity index (χ4n) is 2.66. The minimum Gasteiger partial charge on any atom is -0.462 e. The normalized spacial score (nSPS) is 10.4. The Hall–Kier alpha value is -3.59. The van der Waals surface area contributed by atoms with E-state index in [0.29, 0.717) is 16.3 Å². The predicted octanol–water partition coefficient (Wildman–Crippen LogP) is 3.07. The predicted molar refractivity (Wildman–Crippen MR) is 112 cm³/mol. The highest BCUT2D eigenvalue weighted by Crippen LogP contribution is 2.27. The second-order valence-corrected chi connectivity index (χ2v) is 7.26. The number of rotatable bonds is 5. The van der Waals surface area contributed by atoms with E-state index < -0.39 is 17.8 Å². The number of carbonyl (C=O) groups excluding carboxylic acids is 3. The molecular formula is C21H20N4O4S. The van der Waals surface area contributed by atoms with Crippen LogP contribution in [0.5, 0.6) is 0 Å². The summed E-state index contributed by atoms with van der Waals surface area (Å²) in [6.07, 6.45) is 0. The number of pyridine rings is 1. The molecule has 0 aliphatic heterocycles. The largest absolute Gasteiger partial charge is 0.462 e. The molecule has 0 atom stereocenters. The van der Waals surface area contributed by atoms with Crippen molar-refractivity contribution in [1.82, 2.24) is 20.8 Å². The van der Waals surface area contributed by atoms with Gasteiger partial charge in [0.15, 0.2) is 0 Å². The lowest BCUT2D eigenvalue weighted by molar-refractivity contribution is 0.0524. The monoisotopic (exact) mass is 424 g/mol. The average Bonchev–Trinajstić information content (AvgIpc) is 3.14. The Morgan fingerprint density at radius 3 is 2.30 bits per heavy atom. The summed E-state index contributed by atoms with van der Waals surface area (Å²) in [6.45, 7) is 5.29. The first-order valence-electron chi connectivity index (χ1n) is 9.19. The lowest BCUT2D eigenvalue weighted by Crippen LogP contribution is -2.42. The third-order valence-electron chi connectivity index (χ3n) is 4.13. The molecule has 0 unspecified atom stereocenters. The van der Waals surface area contributed by atoms with Crippen molar-refractivity contribution in [3.8, 4) is 10.6 Å². The molecule has 0 saturated carbocycles. The van der Waals surface area contributed by atoms with Crippen molar-refractivity contribution in [1.29, 1.82) is 0 Å². The zero-order valence-corrected chi connectivity index (χ0v) is 17.5. The van der Waals surface area contributed by atoms with Crippen LogP contribution in [-0.4, -0.2) is 34.4 Å². The van der Waals surface area contributed by atoms with Crippen LogP contribution in [0.25, 0.3) is 10.6 Å². The van der Waals surface area contributed by atoms with Gasteiger partial charge in [0.05, 0.1) is 23.6 Å². The zero-order valence-electron chi connectivity index (χ0n) is 16.7. The molecule has 0 aliphatic rings. The van der Waals surface area contributed by atoms with Crippen LogP contribution in [0, 0.1) is 13.8 Å². The number of hydrazine groups is 1. The van der Waals surface area contributed by atoms with E-state index >= 15 is 0 Å². The molecule has 2 aromatic heterocycles. The standard InChI is InChI=1S/C21H20N4O4S/c1-4-29-21(28)15-10-11-16(22-12(15)2)18(26)24-25-19(27)17-13(3)23-20(30-17)14-8-6-5-7-9-14/h5-11H,4H2,1-3H3,(H,24,26)(H,25,27). The molecule has 0 aliphatic carbocycles. The van der Waals surface area contributed by atoms with Crippen molar-refractivity contribution < 1.29 is 19.1 Å². The van der Waals surface area contributed by atoms with Crippen LogP contribution in [-0.2, 0) is 4.74 Å². The Morgan fingerprint density at radius 2 is 1.63 bits per heavy atom. The number of hydrogen-bond acceptors (Lipinski definition) is 7. The van der Waals surface area contributed by atoms with Gasteiger partial charge >= 0.3 is 5.97 Å². The number of nitrogens with one attached hydrogen (secondary N) is 2. The van der Waals surface area contributed by atoms with Crippen LogP contribution in [0.15, 0.2) is 42.5 Å². The molecule has 0 saturated heterocycles. The molecule has 0 radical (unpaired) electrons. The van der Waals surface area contributed by atoms with Gasteiger partial charge in [0.25, 0.3) is 11.8 Å². The maximum absolute atomic E-state index is 12.5. The van der Waals surface area contributed by atoms with E-state index in [0.717, 1.165) is 10.6 Å². The molecule has 3 aromatic rings. The molecule has 0 spiro atoms. The van der Waals surface area contributed by atoms with Gasteiger partial charge in [-0.2, -0.15) is 0 Å². The number of nitrogens with zero attached hydrogens (tertiary/aromatic N) is 2. The molecule has 30 heavy (non-hydrogen) atoms. The van der Waals surface area contributed by atoms with Gasteiger partial charge in [-0.25, -0.2) is 14.8 Å². The summed E-state index contributed by atoms with van der Waals surface area (Å²) in [5.74, 6) is -1.58. The lowest BCUT2D eigenvalue weighted by Gasteiger charge is -2.08. The number of aromatic nitrogens is 2. The van der Waals surface area contributed by atoms with Crippen molar-refractivity contribution in [3.63, 3.8) is 0 Å². The number of benzene rings is 1. The van der Waals surface area contributed by atoms with Crippen LogP contribution in [0.2, 0.25) is 0 Å². The van der Waals surface area contributed by atoms with Gasteiger partial charge in [0.1, 0.15) is 15.6 Å². The van der Waals surface area contributed by atoms with Crippen molar-refractivity contribution in [2.45, 2.75) is 20.8 Å². The molecule has 0 fully saturated rings. The van der Waals surface area contributed by atoms with Crippen molar-refractivity contribution in [2.24, 2.45) is 0 Å². The highest BCUT2D eigenvalue weighted by molar-refractivity contribution is 7.17. The van der Waals surface area contributed by atoms with Gasteiger partial charge in [0.2, 0.25) is 0 Å². The van der Waals surface area contributed by atoms with E-state index in [1.807, 2.05) is 30.3 Å². The highest BCUT2D eigenvalue weighted by Gasteiger charge is 2.18. The van der Waals surface area contributed by atoms with Gasteiger partial charge in [-0.1, -0.05) is 30.3 Å². The van der Waals surface area contributed by atoms with Crippen LogP contribution in [0.4, 0.5) is 0 Å². The fraction of sp³-hybridized carbons (Fsp3) is 0.190. The number of esters is 1. The van der Waals surface area contributed by atoms with E-state index in [1.54, 1.807) is 20.8 Å². The number of hydrogen-bond donors (Lipinski definition) is 2. The van der Waals surface area contributed by atoms with Gasteiger partial charge in [-0.3, -0.25) is 20.4 Å². The molecule has 2 heterocycles. The SMILES string of the molecule is CCOC(=O)c1ccc(C(=O)NNC(=O)c2sc(-c3ccccc3)nc2C)nc1C. The van der Waals surface area contributed by atoms with E-state index in [-0.39, 0.29) is 17.9 Å². The summed E-state index contributed by atoms with van der Waals surface area (Å²) < 4.78 is 4.94. The average molecular weight is 424 g/mol. The first-order chi connectivity index (χ1) is 14.4. The summed E-state index contributed by atoms with van der Waals surface area (Å²) >= 11 is 1.24. The molecule has 2 amide bonds. The summed E-state index contributed by atoms with van der Waals surface area (Å²) in [4.78, 5) is 45.6. The van der Waals surface area contributed by atoms with Crippen molar-refractivity contribution >= 4 is 29.1 Å². The van der Waals surface area contributed by atoms with Gasteiger partial charge < -0.3 is 4.74 Å². The molecule has 0 bridgehead atoms. The van der Waals surface area contributed by atoms with Crippen molar-refractivity contribution in [3.05, 3.63) is 70.0 Å². The Morgan fingerprint density at radius 1 is 0.933 bits per heavy atom. The summed E-state index contributed by atoms with van der Waals surface area (Å²) in [7, 11) is 0. The number of thiazole rings is 1. The Bertz CT molecular complexity index is 1100. The van der Waals surface area contributed by atoms with Crippen LogP contribution >= 0.6 is 11.3 Å². The van der Waals surface area contributed by atoms with Gasteiger partial charge in [-0.05, 0) is 32.9 Å². The van der Waals surface area contributed by atoms with Crippen LogP contribution in [0.1, 0.15) is 48.8 Å². The number of ether oxygens (including phenoxy) is 1. The summed E-state index contributed by atoms with van der Waals surface area (Å²) in [6, 6.07) is 12.4. The van der Waals surface area contributed by atoms with Crippen LogP contribution < -0.4 is 10.9 Å². The fourth-order valence-corrected chi connectivity index (χ4v) is 3.62. The van der Waals surface area contributed by atoms with Gasteiger partial charge in [0, 0.05) is 5.56 Å². The maximum atomic E-state index is 12.5. The smallest absolute Gasteiger partial charge is 0.339 e. The number of aryl methyl sites for hydroxylation is 2. The number of amides is 2. The first kappa shape index (κ1) is 21.1. The van der Waals surface area contributed by atoms with E-state index in [4.69, 9.17) is 4.74 Å². The van der Waals surface area contributed by atoms with Crippen molar-refractivity contribution in [2.75, 3.05) is 6.61 Å². The van der Waals surface area contributed by atoms with E-state index in [1.165, 1.54) is 23.5 Å². The molecule has 154 valence electrons. The highest BCUT2D eigenvalue weighted by atomic mass is 32.1. The second kappa shape index (κ2) is 9.27. The van der Waals surface area contributed by atoms with Gasteiger partial charge in [-0.15, -0.1) is 11.3 Å². The second-order valence-electron chi connectivity index (χ2n) is 6.26. The molecular weight excluding hydrogens is 404 g/mol. The minimum atomic E-state index is -0.604. The quantitative estimate of drug-likeness (QED) is 0.481. The third kappa shape index (κ3) is 4.69. The first-order valence-corrected chi connectivity index (χ1v) is 10.0. The molecule has 1 aromatic carbocycles. The summed E-state index contributed by atoms with van der Waals surface area (Å²) in [5, 5.41) is 0.719. The Kier molecular flexibility index (Phi) is 6.53. The molecule has 9 heteroatoms. The number of carbonyl (C=O) groups is 3. The zero-order chi connectivity index (χ0) is 21.7.